The Morgan fingerprint density at radius 3 is 1.33 bits per heavy atom. The minimum atomic E-state index is -4.83. The molecule has 23 heteroatoms. The monoisotopic (exact) mass is 906 g/mol. The van der Waals surface area contributed by atoms with Crippen LogP contribution in [-0.4, -0.2) is 180 Å². The first-order valence-electron chi connectivity index (χ1n) is 18.9. The van der Waals surface area contributed by atoms with Crippen LogP contribution in [0.1, 0.15) is 51.4 Å². The van der Waals surface area contributed by atoms with Gasteiger partial charge in [0.15, 0.2) is 0 Å². The molecule has 0 aromatic carbocycles. The molecule has 4 aliphatic heterocycles. The molecule has 8 unspecified atom stereocenters. The Labute approximate surface area is 328 Å². The zero-order valence-corrected chi connectivity index (χ0v) is 32.0. The van der Waals surface area contributed by atoms with E-state index in [0.717, 1.165) is 0 Å². The number of alkyl halides is 6. The van der Waals surface area contributed by atoms with Gasteiger partial charge in [-0.2, -0.15) is 0 Å². The van der Waals surface area contributed by atoms with Crippen molar-refractivity contribution in [2.75, 3.05) is 26.4 Å². The van der Waals surface area contributed by atoms with Crippen molar-refractivity contribution >= 4 is 26.9 Å². The maximum absolute atomic E-state index is 12.9. The molecule has 6 aliphatic rings. The van der Waals surface area contributed by atoms with Crippen LogP contribution < -0.4 is 0 Å². The third kappa shape index (κ3) is 11.1. The van der Waals surface area contributed by atoms with Crippen LogP contribution in [0.4, 0.5) is 26.3 Å². The number of carbonyl (C=O) groups excluding carboxylic acids is 2. The van der Waals surface area contributed by atoms with Crippen molar-refractivity contribution in [2.24, 2.45) is 23.7 Å². The average Bonchev–Trinajstić information content (AvgIpc) is 3.12. The Kier molecular flexibility index (Phi) is 14.8. The second-order valence-corrected chi connectivity index (χ2v) is 18.0. The molecule has 0 radical (unpaired) electrons. The van der Waals surface area contributed by atoms with Crippen molar-refractivity contribution < 1.29 is 104 Å². The first-order chi connectivity index (χ1) is 26.8. The van der Waals surface area contributed by atoms with Gasteiger partial charge in [0.1, 0.15) is 0 Å². The molecule has 0 aromatic heterocycles. The second kappa shape index (κ2) is 18.7. The number of hydrogen-bond acceptors (Lipinski definition) is 16. The van der Waals surface area contributed by atoms with Crippen LogP contribution in [0.15, 0.2) is 0 Å². The van der Waals surface area contributed by atoms with E-state index in [1.54, 1.807) is 0 Å². The molecule has 0 bridgehead atoms. The van der Waals surface area contributed by atoms with Gasteiger partial charge in [-0.3, -0.25) is 0 Å². The fourth-order valence-corrected chi connectivity index (χ4v) is 11.5. The van der Waals surface area contributed by atoms with Crippen molar-refractivity contribution in [3.63, 3.8) is 0 Å². The van der Waals surface area contributed by atoms with Crippen molar-refractivity contribution in [3.8, 4) is 0 Å². The number of rotatable bonds is 12. The van der Waals surface area contributed by atoms with Gasteiger partial charge in [0.05, 0.1) is 0 Å². The van der Waals surface area contributed by atoms with Crippen LogP contribution in [0.25, 0.3) is 0 Å². The van der Waals surface area contributed by atoms with E-state index in [0.29, 0.717) is 0 Å². The van der Waals surface area contributed by atoms with E-state index in [-0.39, 0.29) is 51.4 Å². The number of esters is 2. The van der Waals surface area contributed by atoms with Gasteiger partial charge in [0.2, 0.25) is 0 Å². The molecule has 57 heavy (non-hydrogen) atoms. The molecule has 6 fully saturated rings. The second-order valence-electron chi connectivity index (χ2n) is 15.5. The van der Waals surface area contributed by atoms with Crippen LogP contribution in [0, 0.1) is 23.7 Å². The summed E-state index contributed by atoms with van der Waals surface area (Å²) in [4.78, 5) is 25.6. The third-order valence-corrected chi connectivity index (χ3v) is 14.4. The summed E-state index contributed by atoms with van der Waals surface area (Å²) < 4.78 is 120. The van der Waals surface area contributed by atoms with E-state index < -0.39 is 173 Å². The van der Waals surface area contributed by atoms with E-state index in [4.69, 9.17) is 28.4 Å². The van der Waals surface area contributed by atoms with Crippen LogP contribution in [0.5, 0.6) is 0 Å². The SMILES string of the molecule is O=C1OC2CCC(OC(F)(F)F)CC2CC1CO[C@H]1[C@@H](O)[C@@H](CO)O[C@@H]([Se][C@@H]2O[C@H](CO)[C@H](O)[C@H](OCC3CC4CC(OC(F)(F)F)CCC4OC3=O)[C@H]2O)[C@@H]1O. The van der Waals surface area contributed by atoms with Crippen molar-refractivity contribution in [1.82, 2.24) is 0 Å². The predicted molar refractivity (Wildman–Crippen MR) is 173 cm³/mol. The first-order valence-corrected chi connectivity index (χ1v) is 20.9. The zero-order chi connectivity index (χ0) is 41.4. The molecule has 6 rings (SSSR count). The topological polar surface area (TPSA) is 229 Å². The van der Waals surface area contributed by atoms with Crippen LogP contribution in [0.3, 0.4) is 0 Å². The van der Waals surface area contributed by atoms with Crippen LogP contribution in [0.2, 0.25) is 0 Å². The molecule has 16 nitrogen and oxygen atoms in total. The molecular weight excluding hydrogens is 857 g/mol. The number of hydrogen-bond donors (Lipinski definition) is 6. The van der Waals surface area contributed by atoms with E-state index in [2.05, 4.69) is 9.47 Å². The fraction of sp³-hybridized carbons (Fsp3) is 0.941. The summed E-state index contributed by atoms with van der Waals surface area (Å²) in [6, 6.07) is 0. The first kappa shape index (κ1) is 45.1. The zero-order valence-electron chi connectivity index (χ0n) is 30.3. The van der Waals surface area contributed by atoms with E-state index in [9.17, 15) is 66.6 Å². The summed E-state index contributed by atoms with van der Waals surface area (Å²) in [5.74, 6) is -4.20. The molecule has 18 atom stereocenters. The number of aliphatic hydroxyl groups is 6. The molecule has 0 amide bonds. The molecule has 0 spiro atoms. The standard InChI is InChI=1S/C34H48F6O16Se/c35-33(36,37)55-17-1-3-19-13(7-17)5-15(29(47)51-19)11-49-27-23(43)21(9-41)53-31(25(27)45)57-32-26(46)28(24(44)22(10-42)54-32)50-12-16-6-14-8-18(56-34(38,39)40)2-4-20(14)52-30(16)48/h13-28,31-32,41-46H,1-12H2/t13?,14?,15?,16?,17?,18?,19?,20?,21-,22-,23+,24+,25-,26-,27+,28+,31+,32+/m1/s1. The molecule has 6 N–H and O–H groups in total. The third-order valence-electron chi connectivity index (χ3n) is 11.6. The Balaban J connectivity index is 1.06. The van der Waals surface area contributed by atoms with Crippen LogP contribution >= 0.6 is 0 Å². The quantitative estimate of drug-likeness (QED) is 0.0833. The average molecular weight is 906 g/mol. The molecule has 0 aromatic rings. The molecule has 2 saturated carbocycles. The van der Waals surface area contributed by atoms with Crippen LogP contribution in [-0.2, 0) is 47.5 Å². The van der Waals surface area contributed by atoms with E-state index >= 15 is 0 Å². The van der Waals surface area contributed by atoms with Gasteiger partial charge in [-0.15, -0.1) is 26.3 Å². The summed E-state index contributed by atoms with van der Waals surface area (Å²) in [5, 5.41) is 62.1. The summed E-state index contributed by atoms with van der Waals surface area (Å²) in [6.45, 7) is -2.34. The van der Waals surface area contributed by atoms with Crippen molar-refractivity contribution in [1.29, 1.82) is 0 Å². The normalized spacial score (nSPS) is 44.4. The van der Waals surface area contributed by atoms with Gasteiger partial charge >= 0.3 is 302 Å². The molecule has 328 valence electrons. The maximum atomic E-state index is 12.9. The summed E-state index contributed by atoms with van der Waals surface area (Å²) >= 11 is -1.15. The summed E-state index contributed by atoms with van der Waals surface area (Å²) in [5.41, 5.74) is 0. The molecule has 4 heterocycles. The Bertz CT molecular complexity index is 1270. The number of fused-ring (bicyclic) bond motifs is 2. The molecular formula is C34H48F6O16Se. The summed E-state index contributed by atoms with van der Waals surface area (Å²) in [6.07, 6.45) is -24.7. The van der Waals surface area contributed by atoms with Gasteiger partial charge in [-0.05, 0) is 0 Å². The summed E-state index contributed by atoms with van der Waals surface area (Å²) in [7, 11) is 0. The van der Waals surface area contributed by atoms with Gasteiger partial charge in [-0.25, -0.2) is 0 Å². The van der Waals surface area contributed by atoms with E-state index in [1.807, 2.05) is 0 Å². The minimum absolute atomic E-state index is 0.0153. The molecule has 4 saturated heterocycles. The number of halogens is 6. The predicted octanol–water partition coefficient (Wildman–Crippen LogP) is -0.387. The van der Waals surface area contributed by atoms with E-state index in [1.165, 1.54) is 0 Å². The number of carbonyl (C=O) groups is 2. The fourth-order valence-electron chi connectivity index (χ4n) is 8.78. The van der Waals surface area contributed by atoms with Crippen molar-refractivity contribution in [2.45, 2.75) is 147 Å². The Morgan fingerprint density at radius 2 is 0.982 bits per heavy atom. The van der Waals surface area contributed by atoms with Gasteiger partial charge < -0.3 is 0 Å². The molecule has 2 aliphatic carbocycles. The van der Waals surface area contributed by atoms with Crippen molar-refractivity contribution in [3.05, 3.63) is 0 Å². The Hall–Kier alpha value is -1.44. The van der Waals surface area contributed by atoms with Gasteiger partial charge in [-0.1, -0.05) is 0 Å². The van der Waals surface area contributed by atoms with Gasteiger partial charge in [0.25, 0.3) is 0 Å². The van der Waals surface area contributed by atoms with Gasteiger partial charge in [0, 0.05) is 0 Å². The Morgan fingerprint density at radius 1 is 0.596 bits per heavy atom. The number of aliphatic hydroxyl groups excluding tert-OH is 6. The number of ether oxygens (including phenoxy) is 8.